The average molecular weight is 393 g/mol. The Hall–Kier alpha value is -2.99. The van der Waals surface area contributed by atoms with E-state index in [2.05, 4.69) is 18.9 Å². The smallest absolute Gasteiger partial charge is 0.275 e. The number of hydrogen-bond acceptors (Lipinski definition) is 4. The topological polar surface area (TPSA) is 64.4 Å². The Kier molecular flexibility index (Phi) is 6.77. The average Bonchev–Trinajstić information content (AvgIpc) is 2.73. The number of benzene rings is 2. The molecule has 29 heavy (non-hydrogen) atoms. The third kappa shape index (κ3) is 4.90. The molecule has 0 atom stereocenters. The zero-order valence-electron chi connectivity index (χ0n) is 17.2. The fraction of sp³-hybridized carbons (Fsp3) is 0.348. The van der Waals surface area contributed by atoms with Gasteiger partial charge in [0.05, 0.1) is 18.5 Å². The van der Waals surface area contributed by atoms with Crippen molar-refractivity contribution in [3.8, 4) is 0 Å². The van der Waals surface area contributed by atoms with E-state index in [-0.39, 0.29) is 11.5 Å². The minimum Gasteiger partial charge on any atom is -0.383 e. The molecule has 2 aromatic carbocycles. The summed E-state index contributed by atoms with van der Waals surface area (Å²) in [4.78, 5) is 28.1. The molecule has 3 rings (SSSR count). The summed E-state index contributed by atoms with van der Waals surface area (Å²) < 4.78 is 6.56. The summed E-state index contributed by atoms with van der Waals surface area (Å²) >= 11 is 0. The molecule has 0 bridgehead atoms. The summed E-state index contributed by atoms with van der Waals surface area (Å²) in [6.07, 6.45) is 0. The normalized spacial score (nSPS) is 11.2. The van der Waals surface area contributed by atoms with E-state index in [0.717, 1.165) is 5.56 Å². The number of ether oxygens (including phenoxy) is 1. The molecule has 6 heteroatoms. The van der Waals surface area contributed by atoms with Crippen molar-refractivity contribution in [3.63, 3.8) is 0 Å². The minimum atomic E-state index is -0.201. The first-order valence-electron chi connectivity index (χ1n) is 9.83. The third-order valence-electron chi connectivity index (χ3n) is 4.68. The van der Waals surface area contributed by atoms with E-state index < -0.39 is 0 Å². The van der Waals surface area contributed by atoms with Crippen LogP contribution in [0.2, 0.25) is 0 Å². The van der Waals surface area contributed by atoms with E-state index >= 15 is 0 Å². The number of methoxy groups -OCH3 is 1. The summed E-state index contributed by atoms with van der Waals surface area (Å²) in [6.45, 7) is 5.95. The summed E-state index contributed by atoms with van der Waals surface area (Å²) in [6, 6.07) is 16.8. The molecule has 0 unspecified atom stereocenters. The fourth-order valence-corrected chi connectivity index (χ4v) is 3.32. The fourth-order valence-electron chi connectivity index (χ4n) is 3.32. The molecule has 0 aliphatic carbocycles. The van der Waals surface area contributed by atoms with Crippen LogP contribution < -0.4 is 5.56 Å². The van der Waals surface area contributed by atoms with Gasteiger partial charge >= 0.3 is 0 Å². The highest BCUT2D eigenvalue weighted by Gasteiger charge is 2.22. The summed E-state index contributed by atoms with van der Waals surface area (Å²) in [7, 11) is 1.62. The van der Waals surface area contributed by atoms with Crippen LogP contribution in [0, 0.1) is 5.92 Å². The largest absolute Gasteiger partial charge is 0.383 e. The first-order chi connectivity index (χ1) is 14.0. The zero-order chi connectivity index (χ0) is 20.8. The predicted molar refractivity (Wildman–Crippen MR) is 114 cm³/mol. The van der Waals surface area contributed by atoms with Crippen molar-refractivity contribution in [2.45, 2.75) is 20.4 Å². The van der Waals surface area contributed by atoms with Gasteiger partial charge in [0.2, 0.25) is 0 Å². The van der Waals surface area contributed by atoms with Gasteiger partial charge in [-0.1, -0.05) is 62.4 Å². The second kappa shape index (κ2) is 9.47. The van der Waals surface area contributed by atoms with Crippen LogP contribution >= 0.6 is 0 Å². The summed E-state index contributed by atoms with van der Waals surface area (Å²) in [5.74, 6) is 0.117. The Bertz CT molecular complexity index is 1030. The highest BCUT2D eigenvalue weighted by atomic mass is 16.5. The Morgan fingerprint density at radius 2 is 1.72 bits per heavy atom. The lowest BCUT2D eigenvalue weighted by molar-refractivity contribution is 0.0666. The second-order valence-corrected chi connectivity index (χ2v) is 7.48. The van der Waals surface area contributed by atoms with E-state index in [1.54, 1.807) is 24.1 Å². The summed E-state index contributed by atoms with van der Waals surface area (Å²) in [5, 5.41) is 5.58. The van der Waals surface area contributed by atoms with E-state index in [1.807, 2.05) is 42.5 Å². The van der Waals surface area contributed by atoms with Gasteiger partial charge in [0, 0.05) is 25.6 Å². The van der Waals surface area contributed by atoms with Crippen LogP contribution in [-0.2, 0) is 11.3 Å². The standard InChI is InChI=1S/C23H27N3O3/c1-17(2)15-25(13-14-29-3)23(28)21-19-11-7-8-12-20(19)22(27)26(24-21)16-18-9-5-4-6-10-18/h4-12,17H,13-16H2,1-3H3. The maximum Gasteiger partial charge on any atom is 0.275 e. The number of amides is 1. The van der Waals surface area contributed by atoms with Crippen molar-refractivity contribution in [2.24, 2.45) is 5.92 Å². The van der Waals surface area contributed by atoms with Gasteiger partial charge in [-0.15, -0.1) is 0 Å². The lowest BCUT2D eigenvalue weighted by Gasteiger charge is -2.24. The SMILES string of the molecule is COCCN(CC(C)C)C(=O)c1nn(Cc2ccccc2)c(=O)c2ccccc12. The van der Waals surface area contributed by atoms with Crippen molar-refractivity contribution in [1.82, 2.24) is 14.7 Å². The molecule has 0 saturated heterocycles. The van der Waals surface area contributed by atoms with E-state index in [1.165, 1.54) is 4.68 Å². The number of carbonyl (C=O) groups excluding carboxylic acids is 1. The molecule has 1 amide bonds. The van der Waals surface area contributed by atoms with Crippen LogP contribution in [0.15, 0.2) is 59.4 Å². The molecule has 0 N–H and O–H groups in total. The first kappa shape index (κ1) is 20.7. The molecule has 152 valence electrons. The van der Waals surface area contributed by atoms with Gasteiger partial charge in [0.25, 0.3) is 11.5 Å². The minimum absolute atomic E-state index is 0.186. The lowest BCUT2D eigenvalue weighted by Crippen LogP contribution is -2.38. The van der Waals surface area contributed by atoms with Gasteiger partial charge in [0.15, 0.2) is 5.69 Å². The van der Waals surface area contributed by atoms with Crippen molar-refractivity contribution >= 4 is 16.7 Å². The quantitative estimate of drug-likeness (QED) is 0.590. The van der Waals surface area contributed by atoms with Crippen LogP contribution in [0.3, 0.4) is 0 Å². The number of aromatic nitrogens is 2. The predicted octanol–water partition coefficient (Wildman–Crippen LogP) is 3.19. The number of hydrogen-bond donors (Lipinski definition) is 0. The maximum atomic E-state index is 13.4. The molecular formula is C23H27N3O3. The second-order valence-electron chi connectivity index (χ2n) is 7.48. The van der Waals surface area contributed by atoms with Crippen molar-refractivity contribution in [3.05, 3.63) is 76.2 Å². The maximum absolute atomic E-state index is 13.4. The van der Waals surface area contributed by atoms with Crippen molar-refractivity contribution < 1.29 is 9.53 Å². The highest BCUT2D eigenvalue weighted by molar-refractivity contribution is 6.04. The molecule has 6 nitrogen and oxygen atoms in total. The number of nitrogens with zero attached hydrogens (tertiary/aromatic N) is 3. The van der Waals surface area contributed by atoms with Gasteiger partial charge in [-0.3, -0.25) is 9.59 Å². The Labute approximate surface area is 170 Å². The Morgan fingerprint density at radius 1 is 1.07 bits per heavy atom. The molecule has 0 saturated carbocycles. The zero-order valence-corrected chi connectivity index (χ0v) is 17.2. The number of rotatable bonds is 8. The van der Waals surface area contributed by atoms with Gasteiger partial charge in [0.1, 0.15) is 0 Å². The number of fused-ring (bicyclic) bond motifs is 1. The first-order valence-corrected chi connectivity index (χ1v) is 9.83. The monoisotopic (exact) mass is 393 g/mol. The van der Waals surface area contributed by atoms with Crippen LogP contribution in [0.4, 0.5) is 0 Å². The molecule has 1 heterocycles. The third-order valence-corrected chi connectivity index (χ3v) is 4.68. The van der Waals surface area contributed by atoms with E-state index in [0.29, 0.717) is 48.6 Å². The highest BCUT2D eigenvalue weighted by Crippen LogP contribution is 2.16. The van der Waals surface area contributed by atoms with Gasteiger partial charge in [-0.05, 0) is 17.5 Å². The molecular weight excluding hydrogens is 366 g/mol. The van der Waals surface area contributed by atoms with Crippen molar-refractivity contribution in [2.75, 3.05) is 26.8 Å². The van der Waals surface area contributed by atoms with E-state index in [4.69, 9.17) is 4.74 Å². The number of carbonyl (C=O) groups is 1. The van der Waals surface area contributed by atoms with Crippen LogP contribution in [0.1, 0.15) is 29.9 Å². The van der Waals surface area contributed by atoms with Gasteiger partial charge in [-0.25, -0.2) is 4.68 Å². The van der Waals surface area contributed by atoms with Gasteiger partial charge < -0.3 is 9.64 Å². The molecule has 0 fully saturated rings. The van der Waals surface area contributed by atoms with Crippen LogP contribution in [-0.4, -0.2) is 47.4 Å². The Balaban J connectivity index is 2.08. The van der Waals surface area contributed by atoms with Crippen LogP contribution in [0.5, 0.6) is 0 Å². The van der Waals surface area contributed by atoms with Gasteiger partial charge in [-0.2, -0.15) is 5.10 Å². The van der Waals surface area contributed by atoms with Crippen molar-refractivity contribution in [1.29, 1.82) is 0 Å². The van der Waals surface area contributed by atoms with Crippen LogP contribution in [0.25, 0.3) is 10.8 Å². The molecule has 0 spiro atoms. The summed E-state index contributed by atoms with van der Waals surface area (Å²) in [5.41, 5.74) is 1.05. The lowest BCUT2D eigenvalue weighted by atomic mass is 10.1. The molecule has 0 aliphatic rings. The molecule has 0 radical (unpaired) electrons. The molecule has 0 aliphatic heterocycles. The van der Waals surface area contributed by atoms with E-state index in [9.17, 15) is 9.59 Å². The molecule has 3 aromatic rings. The Morgan fingerprint density at radius 3 is 2.38 bits per heavy atom. The molecule has 1 aromatic heterocycles.